The van der Waals surface area contributed by atoms with Crippen LogP contribution in [0, 0.1) is 0 Å². The van der Waals surface area contributed by atoms with E-state index in [1.54, 1.807) is 0 Å². The summed E-state index contributed by atoms with van der Waals surface area (Å²) in [7, 11) is 0. The zero-order valence-corrected chi connectivity index (χ0v) is 12.2. The van der Waals surface area contributed by atoms with Crippen LogP contribution in [0.2, 0.25) is 0 Å². The molecular weight excluding hydrogens is 277 g/mol. The van der Waals surface area contributed by atoms with Crippen molar-refractivity contribution in [3.05, 3.63) is 30.3 Å². The third-order valence-corrected chi connectivity index (χ3v) is 4.26. The fraction of sp³-hybridized carbons (Fsp3) is 0.500. The van der Waals surface area contributed by atoms with Gasteiger partial charge < -0.3 is 0 Å². The van der Waals surface area contributed by atoms with Crippen molar-refractivity contribution in [2.24, 2.45) is 0 Å². The van der Waals surface area contributed by atoms with Gasteiger partial charge >= 0.3 is 110 Å². The summed E-state index contributed by atoms with van der Waals surface area (Å²) in [5.74, 6) is 0. The van der Waals surface area contributed by atoms with Crippen LogP contribution in [0.5, 0.6) is 0 Å². The summed E-state index contributed by atoms with van der Waals surface area (Å²) in [6, 6.07) is 9.97. The van der Waals surface area contributed by atoms with Gasteiger partial charge in [-0.2, -0.15) is 0 Å². The molecule has 0 aliphatic carbocycles. The van der Waals surface area contributed by atoms with Crippen LogP contribution >= 0.6 is 0 Å². The second-order valence-corrected chi connectivity index (χ2v) is 6.24. The molecule has 0 heterocycles. The SMILES string of the molecule is CCCCCCCNC(=O)[Se]c1ccccc1. The normalized spacial score (nSPS) is 10.2. The van der Waals surface area contributed by atoms with Gasteiger partial charge in [0.2, 0.25) is 0 Å². The fourth-order valence-electron chi connectivity index (χ4n) is 1.55. The van der Waals surface area contributed by atoms with E-state index in [2.05, 4.69) is 12.2 Å². The maximum absolute atomic E-state index is 11.6. The van der Waals surface area contributed by atoms with Gasteiger partial charge in [0.15, 0.2) is 0 Å². The summed E-state index contributed by atoms with van der Waals surface area (Å²) in [4.78, 5) is 11.8. The molecule has 2 nitrogen and oxygen atoms in total. The van der Waals surface area contributed by atoms with Crippen molar-refractivity contribution in [3.63, 3.8) is 0 Å². The van der Waals surface area contributed by atoms with Gasteiger partial charge in [-0.1, -0.05) is 0 Å². The number of benzene rings is 1. The molecule has 0 atom stereocenters. The molecule has 17 heavy (non-hydrogen) atoms. The second kappa shape index (κ2) is 9.26. The first-order chi connectivity index (χ1) is 8.33. The average molecular weight is 298 g/mol. The molecule has 0 radical (unpaired) electrons. The summed E-state index contributed by atoms with van der Waals surface area (Å²) < 4.78 is 1.14. The molecule has 1 rings (SSSR count). The maximum atomic E-state index is 11.6. The Kier molecular flexibility index (Phi) is 7.77. The van der Waals surface area contributed by atoms with Crippen molar-refractivity contribution in [1.29, 1.82) is 0 Å². The minimum absolute atomic E-state index is 0.0787. The van der Waals surface area contributed by atoms with Gasteiger partial charge in [-0.05, 0) is 0 Å². The number of carbonyl (C=O) groups excluding carboxylic acids is 1. The molecule has 1 aromatic rings. The Morgan fingerprint density at radius 2 is 1.82 bits per heavy atom. The third-order valence-electron chi connectivity index (χ3n) is 2.50. The Labute approximate surface area is 110 Å². The molecular formula is C14H21NOSe. The Bertz CT molecular complexity index is 313. The van der Waals surface area contributed by atoms with E-state index in [-0.39, 0.29) is 19.8 Å². The van der Waals surface area contributed by atoms with E-state index in [1.165, 1.54) is 25.7 Å². The van der Waals surface area contributed by atoms with Gasteiger partial charge in [0.05, 0.1) is 0 Å². The summed E-state index contributed by atoms with van der Waals surface area (Å²) in [6.45, 7) is 3.04. The van der Waals surface area contributed by atoms with Crippen LogP contribution in [-0.4, -0.2) is 26.3 Å². The first-order valence-corrected chi connectivity index (χ1v) is 8.05. The van der Waals surface area contributed by atoms with Crippen molar-refractivity contribution in [2.45, 2.75) is 39.0 Å². The molecule has 0 aromatic heterocycles. The molecule has 0 aliphatic rings. The molecule has 0 bridgehead atoms. The van der Waals surface area contributed by atoms with Gasteiger partial charge in [-0.3, -0.25) is 0 Å². The van der Waals surface area contributed by atoms with Crippen LogP contribution in [0.25, 0.3) is 0 Å². The van der Waals surface area contributed by atoms with Gasteiger partial charge in [0.25, 0.3) is 0 Å². The molecule has 1 N–H and O–H groups in total. The molecule has 0 aliphatic heterocycles. The first kappa shape index (κ1) is 14.3. The van der Waals surface area contributed by atoms with Gasteiger partial charge in [0.1, 0.15) is 0 Å². The van der Waals surface area contributed by atoms with E-state index >= 15 is 0 Å². The van der Waals surface area contributed by atoms with Crippen LogP contribution in [0.1, 0.15) is 39.0 Å². The van der Waals surface area contributed by atoms with Crippen LogP contribution in [0.3, 0.4) is 0 Å². The average Bonchev–Trinajstić information content (AvgIpc) is 2.35. The number of hydrogen-bond donors (Lipinski definition) is 1. The molecule has 0 spiro atoms. The van der Waals surface area contributed by atoms with E-state index in [4.69, 9.17) is 0 Å². The van der Waals surface area contributed by atoms with Crippen LogP contribution < -0.4 is 9.78 Å². The van der Waals surface area contributed by atoms with Crippen molar-refractivity contribution in [2.75, 3.05) is 6.54 Å². The molecule has 94 valence electrons. The Morgan fingerprint density at radius 1 is 1.12 bits per heavy atom. The zero-order valence-electron chi connectivity index (χ0n) is 10.4. The van der Waals surface area contributed by atoms with Crippen LogP contribution in [0.4, 0.5) is 4.79 Å². The summed E-state index contributed by atoms with van der Waals surface area (Å²) in [6.07, 6.45) is 6.20. The van der Waals surface area contributed by atoms with E-state index in [9.17, 15) is 4.79 Å². The van der Waals surface area contributed by atoms with Crippen molar-refractivity contribution < 1.29 is 4.79 Å². The Morgan fingerprint density at radius 3 is 2.53 bits per heavy atom. The molecule has 0 fully saturated rings. The molecule has 0 saturated heterocycles. The van der Waals surface area contributed by atoms with Crippen LogP contribution in [0.15, 0.2) is 30.3 Å². The van der Waals surface area contributed by atoms with E-state index in [0.29, 0.717) is 0 Å². The molecule has 0 unspecified atom stereocenters. The monoisotopic (exact) mass is 299 g/mol. The third kappa shape index (κ3) is 7.19. The number of unbranched alkanes of at least 4 members (excludes halogenated alkanes) is 4. The van der Waals surface area contributed by atoms with Crippen molar-refractivity contribution in [3.8, 4) is 0 Å². The number of rotatable bonds is 8. The summed E-state index contributed by atoms with van der Waals surface area (Å²) in [5.41, 5.74) is 0. The first-order valence-electron chi connectivity index (χ1n) is 6.33. The Hall–Kier alpha value is -0.791. The molecule has 1 aromatic carbocycles. The minimum atomic E-state index is -0.0787. The molecule has 1 amide bonds. The number of carbonyl (C=O) groups is 1. The number of hydrogen-bond acceptors (Lipinski definition) is 1. The van der Waals surface area contributed by atoms with E-state index in [1.807, 2.05) is 30.3 Å². The van der Waals surface area contributed by atoms with Crippen LogP contribution in [-0.2, 0) is 0 Å². The number of amides is 1. The summed E-state index contributed by atoms with van der Waals surface area (Å²) in [5, 5.41) is 3.00. The van der Waals surface area contributed by atoms with Crippen molar-refractivity contribution in [1.82, 2.24) is 5.32 Å². The second-order valence-electron chi connectivity index (χ2n) is 4.04. The standard InChI is InChI=1S/C14H21NOSe/c1-2-3-4-5-9-12-15-14(16)17-13-10-7-6-8-11-13/h6-8,10-11H,2-5,9,12H2,1H3,(H,15,16). The van der Waals surface area contributed by atoms with Crippen molar-refractivity contribution >= 4 is 24.2 Å². The zero-order chi connectivity index (χ0) is 12.3. The summed E-state index contributed by atoms with van der Waals surface area (Å²) >= 11 is -0.0787. The van der Waals surface area contributed by atoms with Gasteiger partial charge in [0, 0.05) is 0 Å². The molecule has 0 saturated carbocycles. The van der Waals surface area contributed by atoms with E-state index < -0.39 is 0 Å². The van der Waals surface area contributed by atoms with Gasteiger partial charge in [-0.15, -0.1) is 0 Å². The number of nitrogens with one attached hydrogen (secondary N) is 1. The quantitative estimate of drug-likeness (QED) is 0.580. The van der Waals surface area contributed by atoms with E-state index in [0.717, 1.165) is 17.4 Å². The Balaban J connectivity index is 2.06. The predicted octanol–water partition coefficient (Wildman–Crippen LogP) is 2.70. The molecule has 3 heteroatoms. The predicted molar refractivity (Wildman–Crippen MR) is 74.0 cm³/mol. The van der Waals surface area contributed by atoms with Gasteiger partial charge in [-0.25, -0.2) is 0 Å². The topological polar surface area (TPSA) is 29.1 Å². The fourth-order valence-corrected chi connectivity index (χ4v) is 2.98.